The first-order valence-corrected chi connectivity index (χ1v) is 8.61. The van der Waals surface area contributed by atoms with Crippen LogP contribution in [0.2, 0.25) is 0 Å². The third-order valence-electron chi connectivity index (χ3n) is 3.56. The Bertz CT molecular complexity index is 600. The van der Waals surface area contributed by atoms with Gasteiger partial charge in [0.25, 0.3) is 0 Å². The molecule has 0 aliphatic carbocycles. The van der Waals surface area contributed by atoms with E-state index in [1.165, 1.54) is 17.7 Å². The zero-order chi connectivity index (χ0) is 15.5. The summed E-state index contributed by atoms with van der Waals surface area (Å²) in [5, 5.41) is 7.59. The molecule has 0 amide bonds. The molecule has 1 aromatic rings. The van der Waals surface area contributed by atoms with Gasteiger partial charge in [0.1, 0.15) is 5.69 Å². The molecule has 0 radical (unpaired) electrons. The molecule has 0 saturated carbocycles. The van der Waals surface area contributed by atoms with E-state index >= 15 is 0 Å². The maximum absolute atomic E-state index is 12.2. The molecule has 1 aliphatic rings. The van der Waals surface area contributed by atoms with Gasteiger partial charge in [0.05, 0.1) is 13.4 Å². The van der Waals surface area contributed by atoms with Crippen molar-refractivity contribution in [3.8, 4) is 5.88 Å². The molecule has 116 valence electrons. The van der Waals surface area contributed by atoms with Crippen LogP contribution in [-0.4, -0.2) is 55.2 Å². The summed E-state index contributed by atoms with van der Waals surface area (Å²) in [5.41, 5.74) is 0.285. The zero-order valence-electron chi connectivity index (χ0n) is 12.2. The molecule has 2 heterocycles. The molecule has 1 unspecified atom stereocenters. The molecule has 1 aliphatic heterocycles. The normalized spacial score (nSPS) is 20.2. The molecule has 0 N–H and O–H groups in total. The number of hydrogen-bond donors (Lipinski definition) is 0. The highest BCUT2D eigenvalue weighted by Crippen LogP contribution is 2.22. The highest BCUT2D eigenvalue weighted by molar-refractivity contribution is 7.88. The molecule has 1 fully saturated rings. The predicted octanol–water partition coefficient (Wildman–Crippen LogP) is 0.730. The third kappa shape index (κ3) is 4.21. The number of Topliss-reactive ketones (excluding diaryl/α,β-unsaturated/α-hetero) is 1. The van der Waals surface area contributed by atoms with Crippen LogP contribution < -0.4 is 4.74 Å². The number of ether oxygens (including phenoxy) is 1. The molecule has 7 nitrogen and oxygen atoms in total. The number of ketones is 1. The summed E-state index contributed by atoms with van der Waals surface area (Å²) >= 11 is 0. The van der Waals surface area contributed by atoms with Gasteiger partial charge in [0.15, 0.2) is 5.78 Å². The lowest BCUT2D eigenvalue weighted by Gasteiger charge is -2.30. The Morgan fingerprint density at radius 1 is 1.43 bits per heavy atom. The average molecular weight is 313 g/mol. The van der Waals surface area contributed by atoms with Gasteiger partial charge in [0.2, 0.25) is 15.9 Å². The number of methoxy groups -OCH3 is 1. The summed E-state index contributed by atoms with van der Waals surface area (Å²) < 4.78 is 29.5. The number of rotatable bonds is 5. The largest absolute Gasteiger partial charge is 0.480 e. The van der Waals surface area contributed by atoms with Gasteiger partial charge in [-0.15, -0.1) is 10.2 Å². The van der Waals surface area contributed by atoms with E-state index in [4.69, 9.17) is 4.74 Å². The number of sulfonamides is 1. The fourth-order valence-corrected chi connectivity index (χ4v) is 3.38. The molecule has 1 aromatic heterocycles. The van der Waals surface area contributed by atoms with Gasteiger partial charge in [-0.05, 0) is 24.8 Å². The fraction of sp³-hybridized carbons (Fsp3) is 0.615. The maximum Gasteiger partial charge on any atom is 0.233 e. The topological polar surface area (TPSA) is 89.5 Å². The first-order chi connectivity index (χ1) is 9.90. The van der Waals surface area contributed by atoms with E-state index in [2.05, 4.69) is 10.2 Å². The van der Waals surface area contributed by atoms with Crippen LogP contribution in [0.25, 0.3) is 0 Å². The molecular formula is C13H19N3O4S. The second-order valence-corrected chi connectivity index (χ2v) is 7.20. The van der Waals surface area contributed by atoms with Crippen molar-refractivity contribution in [2.24, 2.45) is 5.92 Å². The van der Waals surface area contributed by atoms with Crippen molar-refractivity contribution in [2.75, 3.05) is 26.5 Å². The van der Waals surface area contributed by atoms with Gasteiger partial charge >= 0.3 is 0 Å². The van der Waals surface area contributed by atoms with Gasteiger partial charge < -0.3 is 4.74 Å². The van der Waals surface area contributed by atoms with Gasteiger partial charge in [-0.25, -0.2) is 12.7 Å². The highest BCUT2D eigenvalue weighted by Gasteiger charge is 2.27. The van der Waals surface area contributed by atoms with Crippen LogP contribution in [0.1, 0.15) is 29.8 Å². The Labute approximate surface area is 124 Å². The monoisotopic (exact) mass is 313 g/mol. The van der Waals surface area contributed by atoms with E-state index < -0.39 is 10.0 Å². The Morgan fingerprint density at radius 2 is 2.19 bits per heavy atom. The fourth-order valence-electron chi connectivity index (χ4n) is 2.44. The van der Waals surface area contributed by atoms with E-state index in [0.29, 0.717) is 19.0 Å². The molecular weight excluding hydrogens is 294 g/mol. The number of piperidine rings is 1. The van der Waals surface area contributed by atoms with Crippen molar-refractivity contribution < 1.29 is 17.9 Å². The lowest BCUT2D eigenvalue weighted by atomic mass is 9.93. The Balaban J connectivity index is 1.98. The maximum atomic E-state index is 12.2. The molecule has 0 aromatic carbocycles. The Kier molecular flexibility index (Phi) is 4.89. The van der Waals surface area contributed by atoms with Gasteiger partial charge in [-0.3, -0.25) is 4.79 Å². The van der Waals surface area contributed by atoms with E-state index in [-0.39, 0.29) is 23.8 Å². The standard InChI is InChI=1S/C13H19N3O4S/c1-20-13-6-5-11(14-15-13)12(17)8-10-4-3-7-16(9-10)21(2,18)19/h5-6,10H,3-4,7-9H2,1-2H3. The van der Waals surface area contributed by atoms with E-state index in [9.17, 15) is 13.2 Å². The number of carbonyl (C=O) groups is 1. The molecule has 2 rings (SSSR count). The van der Waals surface area contributed by atoms with Crippen LogP contribution in [-0.2, 0) is 10.0 Å². The van der Waals surface area contributed by atoms with E-state index in [0.717, 1.165) is 12.8 Å². The minimum Gasteiger partial charge on any atom is -0.480 e. The summed E-state index contributed by atoms with van der Waals surface area (Å²) in [6.45, 7) is 0.931. The van der Waals surface area contributed by atoms with Gasteiger partial charge in [-0.1, -0.05) is 0 Å². The molecule has 0 bridgehead atoms. The van der Waals surface area contributed by atoms with Crippen molar-refractivity contribution >= 4 is 15.8 Å². The lowest BCUT2D eigenvalue weighted by Crippen LogP contribution is -2.39. The molecule has 0 spiro atoms. The SMILES string of the molecule is COc1ccc(C(=O)CC2CCCN(S(C)(=O)=O)C2)nn1. The van der Waals surface area contributed by atoms with Crippen molar-refractivity contribution in [1.82, 2.24) is 14.5 Å². The number of aromatic nitrogens is 2. The number of nitrogens with zero attached hydrogens (tertiary/aromatic N) is 3. The van der Waals surface area contributed by atoms with Crippen molar-refractivity contribution in [3.63, 3.8) is 0 Å². The second kappa shape index (κ2) is 6.48. The van der Waals surface area contributed by atoms with Crippen LogP contribution in [0.4, 0.5) is 0 Å². The van der Waals surface area contributed by atoms with Crippen LogP contribution in [0, 0.1) is 5.92 Å². The van der Waals surface area contributed by atoms with E-state index in [1.807, 2.05) is 0 Å². The number of hydrogen-bond acceptors (Lipinski definition) is 6. The lowest BCUT2D eigenvalue weighted by molar-refractivity contribution is 0.0936. The van der Waals surface area contributed by atoms with Crippen LogP contribution in [0.3, 0.4) is 0 Å². The van der Waals surface area contributed by atoms with Crippen molar-refractivity contribution in [1.29, 1.82) is 0 Å². The summed E-state index contributed by atoms with van der Waals surface area (Å²) in [4.78, 5) is 12.2. The zero-order valence-corrected chi connectivity index (χ0v) is 13.0. The highest BCUT2D eigenvalue weighted by atomic mass is 32.2. The third-order valence-corrected chi connectivity index (χ3v) is 4.83. The summed E-state index contributed by atoms with van der Waals surface area (Å²) in [6, 6.07) is 3.16. The van der Waals surface area contributed by atoms with Crippen molar-refractivity contribution in [3.05, 3.63) is 17.8 Å². The summed E-state index contributed by atoms with van der Waals surface area (Å²) in [7, 11) is -1.71. The quantitative estimate of drug-likeness (QED) is 0.744. The summed E-state index contributed by atoms with van der Waals surface area (Å²) in [5.74, 6) is 0.267. The first kappa shape index (κ1) is 15.8. The minimum absolute atomic E-state index is 0.0323. The van der Waals surface area contributed by atoms with Crippen LogP contribution in [0.5, 0.6) is 5.88 Å². The molecule has 1 atom stereocenters. The molecule has 8 heteroatoms. The average Bonchev–Trinajstić information content (AvgIpc) is 2.47. The minimum atomic E-state index is -3.19. The summed E-state index contributed by atoms with van der Waals surface area (Å²) in [6.07, 6.45) is 3.11. The second-order valence-electron chi connectivity index (χ2n) is 5.22. The predicted molar refractivity (Wildman–Crippen MR) is 76.7 cm³/mol. The first-order valence-electron chi connectivity index (χ1n) is 6.76. The van der Waals surface area contributed by atoms with Crippen LogP contribution in [0.15, 0.2) is 12.1 Å². The van der Waals surface area contributed by atoms with Crippen molar-refractivity contribution in [2.45, 2.75) is 19.3 Å². The number of carbonyl (C=O) groups excluding carboxylic acids is 1. The Hall–Kier alpha value is -1.54. The van der Waals surface area contributed by atoms with Gasteiger partial charge in [0, 0.05) is 25.6 Å². The molecule has 21 heavy (non-hydrogen) atoms. The van der Waals surface area contributed by atoms with E-state index in [1.54, 1.807) is 12.1 Å². The van der Waals surface area contributed by atoms with Crippen LogP contribution >= 0.6 is 0 Å². The Morgan fingerprint density at radius 3 is 2.76 bits per heavy atom. The van der Waals surface area contributed by atoms with Gasteiger partial charge in [-0.2, -0.15) is 0 Å². The molecule has 1 saturated heterocycles. The smallest absolute Gasteiger partial charge is 0.233 e.